The molecule has 6 heteroatoms. The lowest BCUT2D eigenvalue weighted by Gasteiger charge is -2.21. The fourth-order valence-corrected chi connectivity index (χ4v) is 1.92. The van der Waals surface area contributed by atoms with Crippen molar-refractivity contribution >= 4 is 17.5 Å². The number of aliphatic hydroxyl groups excluding tert-OH is 1. The van der Waals surface area contributed by atoms with Crippen molar-refractivity contribution in [2.75, 3.05) is 13.2 Å². The van der Waals surface area contributed by atoms with Crippen molar-refractivity contribution in [1.29, 1.82) is 0 Å². The van der Waals surface area contributed by atoms with Gasteiger partial charge in [-0.1, -0.05) is 25.4 Å². The van der Waals surface area contributed by atoms with E-state index < -0.39 is 5.82 Å². The largest absolute Gasteiger partial charge is 0.482 e. The molecule has 0 aliphatic rings. The maximum absolute atomic E-state index is 12.8. The zero-order valence-corrected chi connectivity index (χ0v) is 12.3. The number of ether oxygens (including phenoxy) is 1. The third-order valence-electron chi connectivity index (χ3n) is 2.84. The summed E-state index contributed by atoms with van der Waals surface area (Å²) in [7, 11) is 0. The van der Waals surface area contributed by atoms with Crippen molar-refractivity contribution in [3.63, 3.8) is 0 Å². The Hall–Kier alpha value is -1.33. The van der Waals surface area contributed by atoms with Crippen LogP contribution in [0.1, 0.15) is 20.3 Å². The van der Waals surface area contributed by atoms with Crippen LogP contribution >= 0.6 is 11.6 Å². The number of benzene rings is 1. The van der Waals surface area contributed by atoms with Gasteiger partial charge in [-0.25, -0.2) is 4.39 Å². The molecule has 0 bridgehead atoms. The van der Waals surface area contributed by atoms with Crippen LogP contribution < -0.4 is 10.1 Å². The van der Waals surface area contributed by atoms with E-state index in [1.54, 1.807) is 0 Å². The maximum Gasteiger partial charge on any atom is 0.258 e. The van der Waals surface area contributed by atoms with Crippen LogP contribution in [0.5, 0.6) is 5.75 Å². The van der Waals surface area contributed by atoms with Crippen molar-refractivity contribution in [3.8, 4) is 5.75 Å². The predicted octanol–water partition coefficient (Wildman–Crippen LogP) is 2.38. The molecule has 0 radical (unpaired) electrons. The number of hydrogen-bond donors (Lipinski definition) is 2. The Labute approximate surface area is 122 Å². The quantitative estimate of drug-likeness (QED) is 0.813. The second kappa shape index (κ2) is 8.07. The second-order valence-electron chi connectivity index (χ2n) is 4.79. The van der Waals surface area contributed by atoms with E-state index in [4.69, 9.17) is 21.4 Å². The molecule has 0 saturated carbocycles. The van der Waals surface area contributed by atoms with Gasteiger partial charge in [0.1, 0.15) is 11.6 Å². The molecule has 1 atom stereocenters. The lowest BCUT2D eigenvalue weighted by atomic mass is 10.0. The minimum absolute atomic E-state index is 0.00771. The van der Waals surface area contributed by atoms with Gasteiger partial charge in [-0.15, -0.1) is 0 Å². The minimum atomic E-state index is -0.463. The molecular formula is C14H19ClFNO3. The number of carbonyl (C=O) groups excluding carboxylic acids is 1. The van der Waals surface area contributed by atoms with E-state index >= 15 is 0 Å². The van der Waals surface area contributed by atoms with E-state index in [0.717, 1.165) is 6.07 Å². The Bertz CT molecular complexity index is 454. The first-order valence-corrected chi connectivity index (χ1v) is 6.80. The van der Waals surface area contributed by atoms with Crippen LogP contribution in [0.3, 0.4) is 0 Å². The third kappa shape index (κ3) is 5.35. The monoisotopic (exact) mass is 303 g/mol. The molecule has 0 aromatic heterocycles. The van der Waals surface area contributed by atoms with Gasteiger partial charge in [0, 0.05) is 12.6 Å². The standard InChI is InChI=1S/C14H19ClFNO3/c1-9(2)12(5-6-18)17-14(19)8-20-13-4-3-10(16)7-11(13)15/h3-4,7,9,12,18H,5-6,8H2,1-2H3,(H,17,19). The summed E-state index contributed by atoms with van der Waals surface area (Å²) in [6, 6.07) is 3.59. The molecule has 1 amide bonds. The van der Waals surface area contributed by atoms with Gasteiger partial charge in [-0.3, -0.25) is 4.79 Å². The second-order valence-corrected chi connectivity index (χ2v) is 5.20. The Kier molecular flexibility index (Phi) is 6.75. The van der Waals surface area contributed by atoms with Gasteiger partial charge in [0.05, 0.1) is 5.02 Å². The Balaban J connectivity index is 2.50. The lowest BCUT2D eigenvalue weighted by Crippen LogP contribution is -2.41. The van der Waals surface area contributed by atoms with Crippen LogP contribution in [-0.2, 0) is 4.79 Å². The van der Waals surface area contributed by atoms with Gasteiger partial charge in [-0.05, 0) is 30.5 Å². The molecule has 1 aromatic rings. The van der Waals surface area contributed by atoms with Crippen LogP contribution in [0.2, 0.25) is 5.02 Å². The van der Waals surface area contributed by atoms with E-state index in [9.17, 15) is 9.18 Å². The van der Waals surface area contributed by atoms with Gasteiger partial charge in [0.2, 0.25) is 0 Å². The molecule has 0 aliphatic heterocycles. The summed E-state index contributed by atoms with van der Waals surface area (Å²) in [5.41, 5.74) is 0. The van der Waals surface area contributed by atoms with Gasteiger partial charge in [-0.2, -0.15) is 0 Å². The summed E-state index contributed by atoms with van der Waals surface area (Å²) in [4.78, 5) is 11.7. The van der Waals surface area contributed by atoms with Crippen LogP contribution in [0.25, 0.3) is 0 Å². The molecule has 0 saturated heterocycles. The van der Waals surface area contributed by atoms with Crippen LogP contribution in [0.15, 0.2) is 18.2 Å². The van der Waals surface area contributed by atoms with Gasteiger partial charge in [0.25, 0.3) is 5.91 Å². The van der Waals surface area contributed by atoms with Crippen LogP contribution in [-0.4, -0.2) is 30.3 Å². The number of nitrogens with one attached hydrogen (secondary N) is 1. The highest BCUT2D eigenvalue weighted by molar-refractivity contribution is 6.32. The first kappa shape index (κ1) is 16.7. The summed E-state index contributed by atoms with van der Waals surface area (Å²) in [5, 5.41) is 11.8. The van der Waals surface area contributed by atoms with E-state index in [0.29, 0.717) is 6.42 Å². The average molecular weight is 304 g/mol. The SMILES string of the molecule is CC(C)C(CCO)NC(=O)COc1ccc(F)cc1Cl. The zero-order valence-electron chi connectivity index (χ0n) is 11.5. The topological polar surface area (TPSA) is 58.6 Å². The number of rotatable bonds is 7. The zero-order chi connectivity index (χ0) is 15.1. The highest BCUT2D eigenvalue weighted by Crippen LogP contribution is 2.24. The van der Waals surface area contributed by atoms with Crippen molar-refractivity contribution < 1.29 is 19.0 Å². The first-order chi connectivity index (χ1) is 9.43. The summed E-state index contributed by atoms with van der Waals surface area (Å²) in [6.07, 6.45) is 0.487. The Morgan fingerprint density at radius 1 is 1.50 bits per heavy atom. The van der Waals surface area contributed by atoms with Crippen molar-refractivity contribution in [2.45, 2.75) is 26.3 Å². The molecule has 0 spiro atoms. The number of amides is 1. The number of hydrogen-bond acceptors (Lipinski definition) is 3. The molecule has 0 heterocycles. The van der Waals surface area contributed by atoms with E-state index in [-0.39, 0.29) is 41.9 Å². The highest BCUT2D eigenvalue weighted by Gasteiger charge is 2.16. The van der Waals surface area contributed by atoms with Crippen LogP contribution in [0.4, 0.5) is 4.39 Å². The molecule has 20 heavy (non-hydrogen) atoms. The fourth-order valence-electron chi connectivity index (χ4n) is 1.70. The smallest absolute Gasteiger partial charge is 0.258 e. The lowest BCUT2D eigenvalue weighted by molar-refractivity contribution is -0.124. The fraction of sp³-hybridized carbons (Fsp3) is 0.500. The number of halogens is 2. The average Bonchev–Trinajstić information content (AvgIpc) is 2.37. The van der Waals surface area contributed by atoms with Crippen molar-refractivity contribution in [3.05, 3.63) is 29.0 Å². The molecule has 1 aromatic carbocycles. The molecule has 1 unspecified atom stereocenters. The summed E-state index contributed by atoms with van der Waals surface area (Å²) in [6.45, 7) is 3.71. The summed E-state index contributed by atoms with van der Waals surface area (Å²) >= 11 is 5.79. The minimum Gasteiger partial charge on any atom is -0.482 e. The maximum atomic E-state index is 12.8. The van der Waals surface area contributed by atoms with E-state index in [2.05, 4.69) is 5.32 Å². The van der Waals surface area contributed by atoms with Gasteiger partial charge in [0.15, 0.2) is 6.61 Å². The Morgan fingerprint density at radius 2 is 2.20 bits per heavy atom. The highest BCUT2D eigenvalue weighted by atomic mass is 35.5. The van der Waals surface area contributed by atoms with Gasteiger partial charge < -0.3 is 15.2 Å². The van der Waals surface area contributed by atoms with Crippen molar-refractivity contribution in [1.82, 2.24) is 5.32 Å². The predicted molar refractivity (Wildman–Crippen MR) is 75.4 cm³/mol. The Morgan fingerprint density at radius 3 is 2.75 bits per heavy atom. The summed E-state index contributed by atoms with van der Waals surface area (Å²) < 4.78 is 18.1. The van der Waals surface area contributed by atoms with Crippen molar-refractivity contribution in [2.24, 2.45) is 5.92 Å². The molecule has 112 valence electrons. The molecule has 1 rings (SSSR count). The number of carbonyl (C=O) groups is 1. The van der Waals surface area contributed by atoms with Crippen LogP contribution in [0, 0.1) is 11.7 Å². The summed E-state index contributed by atoms with van der Waals surface area (Å²) in [5.74, 6) is -0.306. The number of aliphatic hydroxyl groups is 1. The van der Waals surface area contributed by atoms with E-state index in [1.807, 2.05) is 13.8 Å². The van der Waals surface area contributed by atoms with E-state index in [1.165, 1.54) is 12.1 Å². The molecular weight excluding hydrogens is 285 g/mol. The molecule has 2 N–H and O–H groups in total. The molecule has 4 nitrogen and oxygen atoms in total. The normalized spacial score (nSPS) is 12.3. The molecule has 0 aliphatic carbocycles. The first-order valence-electron chi connectivity index (χ1n) is 6.42. The molecule has 0 fully saturated rings. The third-order valence-corrected chi connectivity index (χ3v) is 3.14. The van der Waals surface area contributed by atoms with Gasteiger partial charge >= 0.3 is 0 Å².